The third kappa shape index (κ3) is 1.90. The largest absolute Gasteiger partial charge is 0.508 e. The number of hydrogen-bond acceptors (Lipinski definition) is 6. The van der Waals surface area contributed by atoms with Crippen molar-refractivity contribution >= 4 is 23.4 Å². The lowest BCUT2D eigenvalue weighted by Crippen LogP contribution is -2.47. The second-order valence-electron chi connectivity index (χ2n) is 5.88. The molecule has 0 bridgehead atoms. The number of alkyl halides is 1. The van der Waals surface area contributed by atoms with E-state index in [-0.39, 0.29) is 36.5 Å². The van der Waals surface area contributed by atoms with E-state index in [1.807, 2.05) is 0 Å². The van der Waals surface area contributed by atoms with E-state index in [9.17, 15) is 24.9 Å². The minimum absolute atomic E-state index is 0.0884. The first-order valence-corrected chi connectivity index (χ1v) is 7.27. The number of esters is 1. The summed E-state index contributed by atoms with van der Waals surface area (Å²) in [7, 11) is 0. The van der Waals surface area contributed by atoms with Gasteiger partial charge in [-0.05, 0) is 31.0 Å². The molecule has 1 heterocycles. The van der Waals surface area contributed by atoms with Crippen molar-refractivity contribution in [3.63, 3.8) is 0 Å². The number of rotatable bonds is 3. The van der Waals surface area contributed by atoms with Crippen molar-refractivity contribution in [2.75, 3.05) is 6.61 Å². The van der Waals surface area contributed by atoms with E-state index in [1.165, 1.54) is 12.1 Å². The van der Waals surface area contributed by atoms with Gasteiger partial charge in [-0.2, -0.15) is 0 Å². The molecule has 1 aromatic carbocycles. The first-order chi connectivity index (χ1) is 10.3. The maximum Gasteiger partial charge on any atom is 0.314 e. The highest BCUT2D eigenvalue weighted by atomic mass is 35.5. The summed E-state index contributed by atoms with van der Waals surface area (Å²) in [5, 5.41) is 29.3. The van der Waals surface area contributed by atoms with E-state index in [2.05, 4.69) is 0 Å². The number of fused-ring (bicyclic) bond motifs is 1. The van der Waals surface area contributed by atoms with Gasteiger partial charge in [-0.15, -0.1) is 11.6 Å². The molecule has 1 saturated heterocycles. The van der Waals surface area contributed by atoms with Crippen LogP contribution >= 0.6 is 11.6 Å². The van der Waals surface area contributed by atoms with Gasteiger partial charge >= 0.3 is 5.97 Å². The summed E-state index contributed by atoms with van der Waals surface area (Å²) in [6.45, 7) is -0.145. The van der Waals surface area contributed by atoms with Crippen molar-refractivity contribution in [3.8, 4) is 11.5 Å². The molecule has 0 radical (unpaired) electrons. The number of cyclic esters (lactones) is 1. The SMILES string of the molecule is O=C(C[C@@]12CC[C@H](O)[C@]1(Cl)COC2=O)c1cc(O)ccc1O. The summed E-state index contributed by atoms with van der Waals surface area (Å²) in [6.07, 6.45) is -0.686. The second-order valence-corrected chi connectivity index (χ2v) is 6.55. The highest BCUT2D eigenvalue weighted by Crippen LogP contribution is 2.58. The van der Waals surface area contributed by atoms with Crippen LogP contribution in [0.15, 0.2) is 18.2 Å². The Hall–Kier alpha value is -1.79. The minimum Gasteiger partial charge on any atom is -0.508 e. The van der Waals surface area contributed by atoms with Crippen LogP contribution in [0.2, 0.25) is 0 Å². The Morgan fingerprint density at radius 1 is 1.41 bits per heavy atom. The average Bonchev–Trinajstić information content (AvgIpc) is 2.87. The van der Waals surface area contributed by atoms with E-state index in [1.54, 1.807) is 0 Å². The Kier molecular flexibility index (Phi) is 3.34. The van der Waals surface area contributed by atoms with Crippen LogP contribution < -0.4 is 0 Å². The summed E-state index contributed by atoms with van der Waals surface area (Å²) in [4.78, 5) is 23.3. The molecule has 3 N–H and O–H groups in total. The van der Waals surface area contributed by atoms with Crippen molar-refractivity contribution in [1.29, 1.82) is 0 Å². The van der Waals surface area contributed by atoms with Crippen LogP contribution in [0.4, 0.5) is 0 Å². The number of phenols is 2. The Bertz CT molecular complexity index is 659. The van der Waals surface area contributed by atoms with Gasteiger partial charge in [-0.1, -0.05) is 0 Å². The predicted molar refractivity (Wildman–Crippen MR) is 75.9 cm³/mol. The maximum absolute atomic E-state index is 12.5. The van der Waals surface area contributed by atoms with E-state index in [0.29, 0.717) is 6.42 Å². The Morgan fingerprint density at radius 3 is 2.86 bits per heavy atom. The van der Waals surface area contributed by atoms with Crippen LogP contribution in [0.1, 0.15) is 29.6 Å². The maximum atomic E-state index is 12.5. The van der Waals surface area contributed by atoms with Crippen LogP contribution in [0.25, 0.3) is 0 Å². The van der Waals surface area contributed by atoms with Crippen LogP contribution in [-0.2, 0) is 9.53 Å². The molecule has 22 heavy (non-hydrogen) atoms. The highest BCUT2D eigenvalue weighted by Gasteiger charge is 2.69. The van der Waals surface area contributed by atoms with Crippen molar-refractivity contribution < 1.29 is 29.6 Å². The molecule has 1 aliphatic heterocycles. The number of hydrogen-bond donors (Lipinski definition) is 3. The summed E-state index contributed by atoms with van der Waals surface area (Å²) in [5.74, 6) is -1.60. The number of ketones is 1. The third-order valence-electron chi connectivity index (χ3n) is 4.72. The molecule has 0 amide bonds. The number of Topliss-reactive ketones (excluding diaryl/α,β-unsaturated/α-hetero) is 1. The second kappa shape index (κ2) is 4.86. The fourth-order valence-electron chi connectivity index (χ4n) is 3.38. The van der Waals surface area contributed by atoms with Gasteiger partial charge in [0.2, 0.25) is 0 Å². The first kappa shape index (κ1) is 15.1. The molecule has 1 aliphatic carbocycles. The molecule has 0 unspecified atom stereocenters. The number of aliphatic hydroxyl groups is 1. The Balaban J connectivity index is 1.96. The summed E-state index contributed by atoms with van der Waals surface area (Å²) >= 11 is 6.41. The number of aliphatic hydroxyl groups excluding tert-OH is 1. The fraction of sp³-hybridized carbons (Fsp3) is 0.467. The van der Waals surface area contributed by atoms with Crippen LogP contribution in [-0.4, -0.2) is 44.7 Å². The van der Waals surface area contributed by atoms with Gasteiger partial charge in [0, 0.05) is 6.42 Å². The van der Waals surface area contributed by atoms with Crippen LogP contribution in [0, 0.1) is 5.41 Å². The molecule has 2 aliphatic rings. The van der Waals surface area contributed by atoms with Crippen molar-refractivity contribution in [3.05, 3.63) is 23.8 Å². The van der Waals surface area contributed by atoms with E-state index >= 15 is 0 Å². The molecule has 3 atom stereocenters. The van der Waals surface area contributed by atoms with Gasteiger partial charge in [0.25, 0.3) is 0 Å². The summed E-state index contributed by atoms with van der Waals surface area (Å²) in [6, 6.07) is 3.58. The molecular weight excluding hydrogens is 312 g/mol. The number of halogens is 1. The fourth-order valence-corrected chi connectivity index (χ4v) is 3.78. The molecule has 3 rings (SSSR count). The standard InChI is InChI=1S/C15H15ClO6/c16-15-7-22-13(21)14(15,4-3-12(15)20)6-11(19)9-5-8(17)1-2-10(9)18/h1-2,5,12,17-18,20H,3-4,6-7H2/t12-,14+,15+/m0/s1. The molecule has 1 saturated carbocycles. The lowest BCUT2D eigenvalue weighted by atomic mass is 9.74. The molecule has 118 valence electrons. The Morgan fingerprint density at radius 2 is 2.14 bits per heavy atom. The molecular formula is C15H15ClO6. The first-order valence-electron chi connectivity index (χ1n) is 6.89. The smallest absolute Gasteiger partial charge is 0.314 e. The molecule has 1 aromatic rings. The molecule has 0 aromatic heterocycles. The van der Waals surface area contributed by atoms with Gasteiger partial charge in [0.05, 0.1) is 11.7 Å². The van der Waals surface area contributed by atoms with Gasteiger partial charge in [-0.3, -0.25) is 9.59 Å². The van der Waals surface area contributed by atoms with Crippen molar-refractivity contribution in [2.45, 2.75) is 30.2 Å². The summed E-state index contributed by atoms with van der Waals surface area (Å²) in [5.41, 5.74) is -1.39. The average molecular weight is 327 g/mol. The number of aromatic hydroxyl groups is 2. The van der Waals surface area contributed by atoms with E-state index < -0.39 is 28.1 Å². The van der Waals surface area contributed by atoms with Gasteiger partial charge < -0.3 is 20.1 Å². The zero-order chi connectivity index (χ0) is 16.1. The molecule has 6 nitrogen and oxygen atoms in total. The highest BCUT2D eigenvalue weighted by molar-refractivity contribution is 6.28. The number of benzene rings is 1. The quantitative estimate of drug-likeness (QED) is 0.335. The lowest BCUT2D eigenvalue weighted by molar-refractivity contribution is -0.146. The number of carbonyl (C=O) groups excluding carboxylic acids is 2. The van der Waals surface area contributed by atoms with Gasteiger partial charge in [0.1, 0.15) is 28.4 Å². The monoisotopic (exact) mass is 326 g/mol. The Labute approximate surface area is 131 Å². The number of ether oxygens (including phenoxy) is 1. The zero-order valence-corrected chi connectivity index (χ0v) is 12.3. The number of phenolic OH excluding ortho intramolecular Hbond substituents is 2. The predicted octanol–water partition coefficient (Wildman–Crippen LogP) is 1.35. The third-order valence-corrected chi connectivity index (χ3v) is 5.44. The lowest BCUT2D eigenvalue weighted by Gasteiger charge is -2.31. The van der Waals surface area contributed by atoms with Crippen LogP contribution in [0.5, 0.6) is 11.5 Å². The van der Waals surface area contributed by atoms with Gasteiger partial charge in [-0.25, -0.2) is 0 Å². The molecule has 2 fully saturated rings. The normalized spacial score (nSPS) is 33.5. The van der Waals surface area contributed by atoms with Crippen molar-refractivity contribution in [1.82, 2.24) is 0 Å². The minimum atomic E-state index is -1.33. The topological polar surface area (TPSA) is 104 Å². The van der Waals surface area contributed by atoms with Crippen LogP contribution in [0.3, 0.4) is 0 Å². The van der Waals surface area contributed by atoms with E-state index in [0.717, 1.165) is 6.07 Å². The number of carbonyl (C=O) groups is 2. The zero-order valence-electron chi connectivity index (χ0n) is 11.6. The van der Waals surface area contributed by atoms with Crippen molar-refractivity contribution in [2.24, 2.45) is 5.41 Å². The molecule has 7 heteroatoms. The van der Waals surface area contributed by atoms with E-state index in [4.69, 9.17) is 16.3 Å². The summed E-state index contributed by atoms with van der Waals surface area (Å²) < 4.78 is 4.99. The van der Waals surface area contributed by atoms with Gasteiger partial charge in [0.15, 0.2) is 5.78 Å². The molecule has 0 spiro atoms.